The first kappa shape index (κ1) is 15.7. The number of hydrogen-bond donors (Lipinski definition) is 0. The highest BCUT2D eigenvalue weighted by atomic mass is 16.6. The number of urea groups is 1. The highest BCUT2D eigenvalue weighted by Gasteiger charge is 2.21. The molecule has 7 nitrogen and oxygen atoms in total. The summed E-state index contributed by atoms with van der Waals surface area (Å²) in [6.07, 6.45) is 0. The maximum absolute atomic E-state index is 12.3. The largest absolute Gasteiger partial charge is 0.495 e. The number of nitro groups is 1. The number of anilines is 1. The predicted molar refractivity (Wildman–Crippen MR) is 76.4 cm³/mol. The molecule has 1 aromatic carbocycles. The van der Waals surface area contributed by atoms with E-state index in [2.05, 4.69) is 0 Å². The van der Waals surface area contributed by atoms with Crippen LogP contribution in [-0.2, 0) is 0 Å². The van der Waals surface area contributed by atoms with Gasteiger partial charge in [-0.05, 0) is 19.9 Å². The van der Waals surface area contributed by atoms with Gasteiger partial charge in [-0.2, -0.15) is 0 Å². The van der Waals surface area contributed by atoms with Crippen LogP contribution in [0.3, 0.4) is 0 Å². The lowest BCUT2D eigenvalue weighted by Gasteiger charge is -2.27. The summed E-state index contributed by atoms with van der Waals surface area (Å²) in [6.45, 7) is 4.88. The minimum atomic E-state index is -0.501. The fourth-order valence-electron chi connectivity index (χ4n) is 1.86. The summed E-state index contributed by atoms with van der Waals surface area (Å²) in [5, 5.41) is 10.8. The van der Waals surface area contributed by atoms with Crippen LogP contribution in [0.2, 0.25) is 0 Å². The number of hydrogen-bond acceptors (Lipinski definition) is 4. The van der Waals surface area contributed by atoms with Gasteiger partial charge in [0.05, 0.1) is 17.7 Å². The summed E-state index contributed by atoms with van der Waals surface area (Å²) in [6, 6.07) is 3.94. The Balaban J connectivity index is 3.18. The zero-order valence-corrected chi connectivity index (χ0v) is 12.1. The molecule has 0 saturated carbocycles. The first-order valence-electron chi connectivity index (χ1n) is 6.31. The molecule has 110 valence electrons. The van der Waals surface area contributed by atoms with Crippen molar-refractivity contribution < 1.29 is 14.5 Å². The van der Waals surface area contributed by atoms with Crippen molar-refractivity contribution in [1.82, 2.24) is 4.90 Å². The van der Waals surface area contributed by atoms with E-state index in [0.29, 0.717) is 24.5 Å². The molecule has 20 heavy (non-hydrogen) atoms. The normalized spacial score (nSPS) is 10.0. The fourth-order valence-corrected chi connectivity index (χ4v) is 1.86. The Hall–Kier alpha value is -2.31. The maximum atomic E-state index is 12.3. The molecule has 1 rings (SSSR count). The number of rotatable bonds is 5. The lowest BCUT2D eigenvalue weighted by Crippen LogP contribution is -2.41. The number of non-ortho nitro benzene ring substituents is 1. The molecule has 7 heteroatoms. The van der Waals surface area contributed by atoms with Gasteiger partial charge in [-0.15, -0.1) is 0 Å². The highest BCUT2D eigenvalue weighted by Crippen LogP contribution is 2.32. The van der Waals surface area contributed by atoms with E-state index in [-0.39, 0.29) is 11.7 Å². The van der Waals surface area contributed by atoms with E-state index in [1.165, 1.54) is 30.2 Å². The molecule has 0 radical (unpaired) electrons. The summed E-state index contributed by atoms with van der Waals surface area (Å²) in [4.78, 5) is 25.6. The summed E-state index contributed by atoms with van der Waals surface area (Å²) < 4.78 is 5.16. The third-order valence-electron chi connectivity index (χ3n) is 3.06. The van der Waals surface area contributed by atoms with Gasteiger partial charge in [0.15, 0.2) is 0 Å². The second kappa shape index (κ2) is 6.74. The number of benzene rings is 1. The quantitative estimate of drug-likeness (QED) is 0.613. The summed E-state index contributed by atoms with van der Waals surface area (Å²) in [5.74, 6) is 0.415. The number of nitrogens with zero attached hydrogens (tertiary/aromatic N) is 3. The molecule has 0 bridgehead atoms. The second-order valence-electron chi connectivity index (χ2n) is 4.13. The predicted octanol–water partition coefficient (Wildman–Crippen LogP) is 2.50. The van der Waals surface area contributed by atoms with E-state index < -0.39 is 4.92 Å². The minimum absolute atomic E-state index is 0.0833. The molecule has 0 heterocycles. The zero-order valence-electron chi connectivity index (χ0n) is 12.1. The lowest BCUT2D eigenvalue weighted by atomic mass is 10.2. The van der Waals surface area contributed by atoms with Crippen LogP contribution in [-0.4, -0.2) is 43.1 Å². The van der Waals surface area contributed by atoms with Gasteiger partial charge < -0.3 is 9.64 Å². The molecule has 0 fully saturated rings. The third kappa shape index (κ3) is 3.17. The van der Waals surface area contributed by atoms with Gasteiger partial charge in [0.25, 0.3) is 5.69 Å². The fraction of sp³-hybridized carbons (Fsp3) is 0.462. The van der Waals surface area contributed by atoms with Crippen LogP contribution in [0, 0.1) is 10.1 Å². The average Bonchev–Trinajstić information content (AvgIpc) is 2.46. The van der Waals surface area contributed by atoms with Crippen LogP contribution in [0.25, 0.3) is 0 Å². The van der Waals surface area contributed by atoms with Crippen molar-refractivity contribution >= 4 is 17.4 Å². The van der Waals surface area contributed by atoms with Crippen LogP contribution in [0.5, 0.6) is 5.75 Å². The van der Waals surface area contributed by atoms with Gasteiger partial charge in [-0.3, -0.25) is 15.0 Å². The molecule has 0 aliphatic heterocycles. The Morgan fingerprint density at radius 1 is 1.35 bits per heavy atom. The van der Waals surface area contributed by atoms with Crippen molar-refractivity contribution in [2.24, 2.45) is 0 Å². The monoisotopic (exact) mass is 281 g/mol. The molecule has 0 unspecified atom stereocenters. The topological polar surface area (TPSA) is 75.9 Å². The SMILES string of the molecule is CCN(CC)C(=O)N(C)c1cc([N+](=O)[O-])ccc1OC. The number of carbonyl (C=O) groups excluding carboxylic acids is 1. The van der Waals surface area contributed by atoms with Crippen LogP contribution in [0.1, 0.15) is 13.8 Å². The summed E-state index contributed by atoms with van der Waals surface area (Å²) in [5.41, 5.74) is 0.290. The third-order valence-corrected chi connectivity index (χ3v) is 3.06. The van der Waals surface area contributed by atoms with Crippen molar-refractivity contribution in [2.75, 3.05) is 32.1 Å². The molecule has 0 saturated heterocycles. The highest BCUT2D eigenvalue weighted by molar-refractivity contribution is 5.93. The summed E-state index contributed by atoms with van der Waals surface area (Å²) in [7, 11) is 3.03. The molecule has 0 atom stereocenters. The van der Waals surface area contributed by atoms with Crippen molar-refractivity contribution in [1.29, 1.82) is 0 Å². The molecule has 0 spiro atoms. The number of nitro benzene ring substituents is 1. The Bertz CT molecular complexity index is 500. The van der Waals surface area contributed by atoms with Gasteiger partial charge >= 0.3 is 6.03 Å². The smallest absolute Gasteiger partial charge is 0.324 e. The number of ether oxygens (including phenoxy) is 1. The molecule has 1 aromatic rings. The van der Waals surface area contributed by atoms with Crippen molar-refractivity contribution in [3.8, 4) is 5.75 Å². The van der Waals surface area contributed by atoms with E-state index in [4.69, 9.17) is 4.74 Å². The van der Waals surface area contributed by atoms with Crippen molar-refractivity contribution in [3.63, 3.8) is 0 Å². The number of amides is 2. The first-order chi connectivity index (χ1) is 9.46. The van der Waals surface area contributed by atoms with Gasteiger partial charge in [0, 0.05) is 32.3 Å². The average molecular weight is 281 g/mol. The molecule has 0 aromatic heterocycles. The van der Waals surface area contributed by atoms with E-state index in [1.807, 2.05) is 13.8 Å². The molecular formula is C13H19N3O4. The minimum Gasteiger partial charge on any atom is -0.495 e. The van der Waals surface area contributed by atoms with E-state index in [9.17, 15) is 14.9 Å². The summed E-state index contributed by atoms with van der Waals surface area (Å²) >= 11 is 0. The Kier molecular flexibility index (Phi) is 5.31. The molecule has 0 N–H and O–H groups in total. The molecule has 0 aliphatic carbocycles. The van der Waals surface area contributed by atoms with Crippen LogP contribution < -0.4 is 9.64 Å². The van der Waals surface area contributed by atoms with Crippen LogP contribution >= 0.6 is 0 Å². The zero-order chi connectivity index (χ0) is 15.3. The van der Waals surface area contributed by atoms with Gasteiger partial charge in [0.2, 0.25) is 0 Å². The van der Waals surface area contributed by atoms with Crippen molar-refractivity contribution in [3.05, 3.63) is 28.3 Å². The van der Waals surface area contributed by atoms with Crippen LogP contribution in [0.15, 0.2) is 18.2 Å². The number of methoxy groups -OCH3 is 1. The van der Waals surface area contributed by atoms with Crippen molar-refractivity contribution in [2.45, 2.75) is 13.8 Å². The maximum Gasteiger partial charge on any atom is 0.324 e. The van der Waals surface area contributed by atoms with Gasteiger partial charge in [0.1, 0.15) is 5.75 Å². The Morgan fingerprint density at radius 2 is 1.95 bits per heavy atom. The number of carbonyl (C=O) groups is 1. The van der Waals surface area contributed by atoms with Crippen LogP contribution in [0.4, 0.5) is 16.2 Å². The lowest BCUT2D eigenvalue weighted by molar-refractivity contribution is -0.384. The Labute approximate surface area is 117 Å². The molecule has 2 amide bonds. The van der Waals surface area contributed by atoms with Gasteiger partial charge in [-0.25, -0.2) is 4.79 Å². The molecule has 0 aliphatic rings. The molecular weight excluding hydrogens is 262 g/mol. The first-order valence-corrected chi connectivity index (χ1v) is 6.31. The van der Waals surface area contributed by atoms with E-state index in [1.54, 1.807) is 11.9 Å². The van der Waals surface area contributed by atoms with Gasteiger partial charge in [-0.1, -0.05) is 0 Å². The van der Waals surface area contributed by atoms with E-state index in [0.717, 1.165) is 0 Å². The Morgan fingerprint density at radius 3 is 2.40 bits per heavy atom. The standard InChI is InChI=1S/C13H19N3O4/c1-5-15(6-2)13(17)14(3)11-9-10(16(18)19)7-8-12(11)20-4/h7-9H,5-6H2,1-4H3. The van der Waals surface area contributed by atoms with E-state index >= 15 is 0 Å². The second-order valence-corrected chi connectivity index (χ2v) is 4.13.